The van der Waals surface area contributed by atoms with Gasteiger partial charge >= 0.3 is 0 Å². The molecule has 0 saturated carbocycles. The first-order valence-electron chi connectivity index (χ1n) is 5.59. The van der Waals surface area contributed by atoms with Crippen LogP contribution in [0.3, 0.4) is 0 Å². The lowest BCUT2D eigenvalue weighted by Crippen LogP contribution is -2.23. The number of aliphatic hydroxyl groups is 1. The lowest BCUT2D eigenvalue weighted by Gasteiger charge is -2.04. The van der Waals surface area contributed by atoms with Crippen LogP contribution in [0, 0.1) is 6.92 Å². The Morgan fingerprint density at radius 2 is 2.00 bits per heavy atom. The van der Waals surface area contributed by atoms with Crippen molar-refractivity contribution in [3.63, 3.8) is 0 Å². The molecule has 2 N–H and O–H groups in total. The van der Waals surface area contributed by atoms with Crippen molar-refractivity contribution >= 4 is 5.91 Å². The van der Waals surface area contributed by atoms with Crippen LogP contribution in [0.1, 0.15) is 27.4 Å². The van der Waals surface area contributed by atoms with Gasteiger partial charge in [0.25, 0.3) is 5.91 Å². The first-order chi connectivity index (χ1) is 8.69. The van der Waals surface area contributed by atoms with Crippen LogP contribution >= 0.6 is 0 Å². The average molecular weight is 246 g/mol. The van der Waals surface area contributed by atoms with E-state index in [1.54, 1.807) is 13.0 Å². The maximum atomic E-state index is 11.7. The zero-order valence-electron chi connectivity index (χ0n) is 10.0. The first-order valence-corrected chi connectivity index (χ1v) is 5.59. The molecule has 18 heavy (non-hydrogen) atoms. The van der Waals surface area contributed by atoms with Gasteiger partial charge in [0.2, 0.25) is 0 Å². The maximum absolute atomic E-state index is 11.7. The van der Waals surface area contributed by atoms with Gasteiger partial charge in [0.1, 0.15) is 5.76 Å². The third-order valence-electron chi connectivity index (χ3n) is 2.52. The number of hydrogen-bond donors (Lipinski definition) is 2. The van der Waals surface area contributed by atoms with Crippen molar-refractivity contribution in [1.82, 2.24) is 10.5 Å². The minimum Gasteiger partial charge on any atom is -0.392 e. The van der Waals surface area contributed by atoms with Gasteiger partial charge in [0.05, 0.1) is 6.61 Å². The fraction of sp³-hybridized carbons (Fsp3) is 0.231. The third-order valence-corrected chi connectivity index (χ3v) is 2.52. The van der Waals surface area contributed by atoms with Gasteiger partial charge in [-0.3, -0.25) is 4.79 Å². The standard InChI is InChI=1S/C13H14N2O3/c1-9-6-12(15-18-9)13(17)14-7-10-2-4-11(8-16)5-3-10/h2-6,16H,7-8H2,1H3,(H,14,17). The molecule has 0 aliphatic rings. The second kappa shape index (κ2) is 5.46. The van der Waals surface area contributed by atoms with Crippen LogP contribution in [0.25, 0.3) is 0 Å². The van der Waals surface area contributed by atoms with E-state index in [1.165, 1.54) is 0 Å². The molecule has 5 nitrogen and oxygen atoms in total. The SMILES string of the molecule is Cc1cc(C(=O)NCc2ccc(CO)cc2)no1. The number of amides is 1. The first kappa shape index (κ1) is 12.3. The largest absolute Gasteiger partial charge is 0.392 e. The molecule has 0 unspecified atom stereocenters. The van der Waals surface area contributed by atoms with Crippen molar-refractivity contribution in [1.29, 1.82) is 0 Å². The Kier molecular flexibility index (Phi) is 3.74. The van der Waals surface area contributed by atoms with Gasteiger partial charge in [-0.05, 0) is 18.1 Å². The van der Waals surface area contributed by atoms with Crippen molar-refractivity contribution in [2.75, 3.05) is 0 Å². The molecule has 94 valence electrons. The number of benzene rings is 1. The number of aromatic nitrogens is 1. The Hall–Kier alpha value is -2.14. The summed E-state index contributed by atoms with van der Waals surface area (Å²) in [6.07, 6.45) is 0. The number of aliphatic hydroxyl groups excluding tert-OH is 1. The van der Waals surface area contributed by atoms with Crippen LogP contribution in [-0.4, -0.2) is 16.2 Å². The quantitative estimate of drug-likeness (QED) is 0.855. The van der Waals surface area contributed by atoms with Crippen molar-refractivity contribution in [2.24, 2.45) is 0 Å². The van der Waals surface area contributed by atoms with Crippen molar-refractivity contribution in [3.8, 4) is 0 Å². The Balaban J connectivity index is 1.92. The molecule has 5 heteroatoms. The lowest BCUT2D eigenvalue weighted by atomic mass is 10.1. The van der Waals surface area contributed by atoms with E-state index in [-0.39, 0.29) is 18.2 Å². The van der Waals surface area contributed by atoms with Crippen LogP contribution < -0.4 is 5.32 Å². The zero-order valence-corrected chi connectivity index (χ0v) is 10.0. The number of rotatable bonds is 4. The molecule has 0 atom stereocenters. The minimum absolute atomic E-state index is 0.0187. The van der Waals surface area contributed by atoms with Crippen LogP contribution in [-0.2, 0) is 13.2 Å². The molecule has 1 heterocycles. The van der Waals surface area contributed by atoms with E-state index >= 15 is 0 Å². The van der Waals surface area contributed by atoms with Crippen molar-refractivity contribution < 1.29 is 14.4 Å². The molecule has 0 bridgehead atoms. The van der Waals surface area contributed by atoms with Gasteiger partial charge in [-0.2, -0.15) is 0 Å². The van der Waals surface area contributed by atoms with Crippen molar-refractivity contribution in [3.05, 3.63) is 52.9 Å². The average Bonchev–Trinajstić information content (AvgIpc) is 2.83. The number of nitrogens with one attached hydrogen (secondary N) is 1. The van der Waals surface area contributed by atoms with Gasteiger partial charge in [0.15, 0.2) is 5.69 Å². The summed E-state index contributed by atoms with van der Waals surface area (Å²) in [5, 5.41) is 15.3. The van der Waals surface area contributed by atoms with E-state index in [1.807, 2.05) is 24.3 Å². The molecule has 0 aliphatic carbocycles. The Labute approximate surface area is 104 Å². The molecule has 1 aromatic carbocycles. The highest BCUT2D eigenvalue weighted by Crippen LogP contribution is 2.05. The van der Waals surface area contributed by atoms with Crippen molar-refractivity contribution in [2.45, 2.75) is 20.1 Å². The van der Waals surface area contributed by atoms with Crippen LogP contribution in [0.4, 0.5) is 0 Å². The summed E-state index contributed by atoms with van der Waals surface area (Å²) < 4.78 is 4.83. The predicted molar refractivity (Wildman–Crippen MR) is 64.8 cm³/mol. The van der Waals surface area contributed by atoms with Gasteiger partial charge in [-0.1, -0.05) is 29.4 Å². The van der Waals surface area contributed by atoms with E-state index in [4.69, 9.17) is 9.63 Å². The monoisotopic (exact) mass is 246 g/mol. The van der Waals surface area contributed by atoms with Gasteiger partial charge < -0.3 is 14.9 Å². The Morgan fingerprint density at radius 1 is 1.33 bits per heavy atom. The fourth-order valence-corrected chi connectivity index (χ4v) is 1.51. The summed E-state index contributed by atoms with van der Waals surface area (Å²) in [6, 6.07) is 8.95. The highest BCUT2D eigenvalue weighted by Gasteiger charge is 2.09. The molecule has 0 spiro atoms. The molecule has 1 amide bonds. The smallest absolute Gasteiger partial charge is 0.273 e. The molecule has 2 aromatic rings. The topological polar surface area (TPSA) is 75.4 Å². The summed E-state index contributed by atoms with van der Waals surface area (Å²) in [4.78, 5) is 11.7. The minimum atomic E-state index is -0.266. The molecule has 2 rings (SSSR count). The second-order valence-corrected chi connectivity index (χ2v) is 3.98. The van der Waals surface area contributed by atoms with E-state index in [0.29, 0.717) is 12.3 Å². The summed E-state index contributed by atoms with van der Waals surface area (Å²) in [5.74, 6) is 0.338. The molecule has 0 aliphatic heterocycles. The molecular formula is C13H14N2O3. The van der Waals surface area contributed by atoms with Gasteiger partial charge in [-0.15, -0.1) is 0 Å². The molecule has 1 aromatic heterocycles. The fourth-order valence-electron chi connectivity index (χ4n) is 1.51. The lowest BCUT2D eigenvalue weighted by molar-refractivity contribution is 0.0942. The number of hydrogen-bond acceptors (Lipinski definition) is 4. The number of carbonyl (C=O) groups excluding carboxylic acids is 1. The second-order valence-electron chi connectivity index (χ2n) is 3.98. The van der Waals surface area contributed by atoms with E-state index in [9.17, 15) is 4.79 Å². The Morgan fingerprint density at radius 3 is 2.56 bits per heavy atom. The zero-order chi connectivity index (χ0) is 13.0. The van der Waals surface area contributed by atoms with E-state index < -0.39 is 0 Å². The number of nitrogens with zero attached hydrogens (tertiary/aromatic N) is 1. The highest BCUT2D eigenvalue weighted by atomic mass is 16.5. The highest BCUT2D eigenvalue weighted by molar-refractivity contribution is 5.92. The summed E-state index contributed by atoms with van der Waals surface area (Å²) in [6.45, 7) is 2.17. The number of carbonyl (C=O) groups is 1. The van der Waals surface area contributed by atoms with Gasteiger partial charge in [0, 0.05) is 12.6 Å². The molecule has 0 saturated heterocycles. The molecule has 0 radical (unpaired) electrons. The summed E-state index contributed by atoms with van der Waals surface area (Å²) in [7, 11) is 0. The van der Waals surface area contributed by atoms with E-state index in [0.717, 1.165) is 11.1 Å². The maximum Gasteiger partial charge on any atom is 0.273 e. The van der Waals surface area contributed by atoms with Crippen LogP contribution in [0.15, 0.2) is 34.9 Å². The summed E-state index contributed by atoms with van der Waals surface area (Å²) >= 11 is 0. The predicted octanol–water partition coefficient (Wildman–Crippen LogP) is 1.41. The van der Waals surface area contributed by atoms with Crippen LogP contribution in [0.2, 0.25) is 0 Å². The summed E-state index contributed by atoms with van der Waals surface area (Å²) in [5.41, 5.74) is 2.08. The molecule has 0 fully saturated rings. The molecular weight excluding hydrogens is 232 g/mol. The number of aryl methyl sites for hydroxylation is 1. The normalized spacial score (nSPS) is 10.3. The van der Waals surface area contributed by atoms with Gasteiger partial charge in [-0.25, -0.2) is 0 Å². The van der Waals surface area contributed by atoms with E-state index in [2.05, 4.69) is 10.5 Å². The third kappa shape index (κ3) is 2.95. The van der Waals surface area contributed by atoms with Crippen LogP contribution in [0.5, 0.6) is 0 Å². The Bertz CT molecular complexity index is 531.